The number of aromatic nitrogens is 2. The average molecular weight is 376 g/mol. The van der Waals surface area contributed by atoms with E-state index in [-0.39, 0.29) is 17.5 Å². The van der Waals surface area contributed by atoms with Gasteiger partial charge in [-0.15, -0.1) is 0 Å². The third kappa shape index (κ3) is 3.15. The molecule has 1 atom stereocenters. The van der Waals surface area contributed by atoms with E-state index in [1.165, 1.54) is 10.4 Å². The van der Waals surface area contributed by atoms with Gasteiger partial charge in [0.15, 0.2) is 5.69 Å². The number of benzene rings is 2. The SMILES string of the molecule is CCn1nc(C(=O)N2CCN(c3ccccc3)C[C@H]2C)c2ccccc2c1=O. The lowest BCUT2D eigenvalue weighted by Gasteiger charge is -2.41. The Labute approximate surface area is 164 Å². The second-order valence-electron chi connectivity index (χ2n) is 7.14. The highest BCUT2D eigenvalue weighted by molar-refractivity contribution is 6.05. The molecule has 0 unspecified atom stereocenters. The first-order chi connectivity index (χ1) is 13.6. The van der Waals surface area contributed by atoms with Gasteiger partial charge in [0.1, 0.15) is 0 Å². The summed E-state index contributed by atoms with van der Waals surface area (Å²) in [7, 11) is 0. The van der Waals surface area contributed by atoms with E-state index in [9.17, 15) is 9.59 Å². The lowest BCUT2D eigenvalue weighted by molar-refractivity contribution is 0.0667. The number of rotatable bonds is 3. The number of hydrogen-bond acceptors (Lipinski definition) is 4. The van der Waals surface area contributed by atoms with Gasteiger partial charge in [-0.05, 0) is 32.0 Å². The molecule has 0 saturated carbocycles. The number of anilines is 1. The molecule has 28 heavy (non-hydrogen) atoms. The van der Waals surface area contributed by atoms with Crippen LogP contribution >= 0.6 is 0 Å². The van der Waals surface area contributed by atoms with Crippen LogP contribution in [0.1, 0.15) is 24.3 Å². The zero-order valence-corrected chi connectivity index (χ0v) is 16.2. The van der Waals surface area contributed by atoms with Gasteiger partial charge in [0.25, 0.3) is 11.5 Å². The molecular formula is C22H24N4O2. The molecule has 144 valence electrons. The summed E-state index contributed by atoms with van der Waals surface area (Å²) >= 11 is 0. The Bertz CT molecular complexity index is 1060. The van der Waals surface area contributed by atoms with Crippen LogP contribution in [-0.2, 0) is 6.54 Å². The number of amides is 1. The molecule has 0 bridgehead atoms. The summed E-state index contributed by atoms with van der Waals surface area (Å²) in [6.45, 7) is 6.51. The maximum atomic E-state index is 13.4. The van der Waals surface area contributed by atoms with Crippen LogP contribution in [0.15, 0.2) is 59.4 Å². The molecule has 3 aromatic rings. The van der Waals surface area contributed by atoms with Crippen molar-refractivity contribution in [2.75, 3.05) is 24.5 Å². The minimum Gasteiger partial charge on any atom is -0.368 e. The molecule has 2 aromatic carbocycles. The van der Waals surface area contributed by atoms with Crippen LogP contribution in [0.3, 0.4) is 0 Å². The number of para-hydroxylation sites is 1. The fourth-order valence-corrected chi connectivity index (χ4v) is 3.88. The summed E-state index contributed by atoms with van der Waals surface area (Å²) in [5.41, 5.74) is 1.37. The van der Waals surface area contributed by atoms with Gasteiger partial charge < -0.3 is 9.80 Å². The van der Waals surface area contributed by atoms with E-state index in [4.69, 9.17) is 0 Å². The summed E-state index contributed by atoms with van der Waals surface area (Å²) in [5.74, 6) is -0.112. The van der Waals surface area contributed by atoms with Gasteiger partial charge in [-0.3, -0.25) is 9.59 Å². The third-order valence-corrected chi connectivity index (χ3v) is 5.38. The Hall–Kier alpha value is -3.15. The van der Waals surface area contributed by atoms with Gasteiger partial charge in [-0.2, -0.15) is 5.10 Å². The van der Waals surface area contributed by atoms with Crippen molar-refractivity contribution in [3.05, 3.63) is 70.6 Å². The monoisotopic (exact) mass is 376 g/mol. The molecule has 1 aliphatic rings. The van der Waals surface area contributed by atoms with Crippen molar-refractivity contribution < 1.29 is 4.79 Å². The van der Waals surface area contributed by atoms with Crippen LogP contribution in [0.2, 0.25) is 0 Å². The van der Waals surface area contributed by atoms with Crippen molar-refractivity contribution in [3.8, 4) is 0 Å². The van der Waals surface area contributed by atoms with Gasteiger partial charge in [-0.1, -0.05) is 36.4 Å². The molecule has 1 amide bonds. The topological polar surface area (TPSA) is 58.4 Å². The first kappa shape index (κ1) is 18.2. The molecule has 0 spiro atoms. The number of hydrogen-bond donors (Lipinski definition) is 0. The van der Waals surface area contributed by atoms with Crippen LogP contribution < -0.4 is 10.5 Å². The van der Waals surface area contributed by atoms with E-state index in [0.29, 0.717) is 29.6 Å². The predicted octanol–water partition coefficient (Wildman–Crippen LogP) is 2.77. The zero-order valence-electron chi connectivity index (χ0n) is 16.2. The summed E-state index contributed by atoms with van der Waals surface area (Å²) in [5, 5.41) is 5.57. The van der Waals surface area contributed by atoms with Crippen LogP contribution in [0.25, 0.3) is 10.8 Å². The van der Waals surface area contributed by atoms with Gasteiger partial charge >= 0.3 is 0 Å². The van der Waals surface area contributed by atoms with Crippen LogP contribution in [-0.4, -0.2) is 46.3 Å². The van der Waals surface area contributed by atoms with Crippen molar-refractivity contribution in [1.82, 2.24) is 14.7 Å². The molecule has 1 aliphatic heterocycles. The van der Waals surface area contributed by atoms with Crippen LogP contribution in [0, 0.1) is 0 Å². The molecule has 6 nitrogen and oxygen atoms in total. The van der Waals surface area contributed by atoms with E-state index in [0.717, 1.165) is 13.1 Å². The van der Waals surface area contributed by atoms with Gasteiger partial charge in [-0.25, -0.2) is 4.68 Å². The summed E-state index contributed by atoms with van der Waals surface area (Å²) in [6, 6.07) is 17.5. The highest BCUT2D eigenvalue weighted by Gasteiger charge is 2.30. The van der Waals surface area contributed by atoms with Crippen molar-refractivity contribution in [1.29, 1.82) is 0 Å². The Kier molecular flexibility index (Phi) is 4.86. The molecule has 0 aliphatic carbocycles. The maximum absolute atomic E-state index is 13.4. The standard InChI is InChI=1S/C22H24N4O2/c1-3-26-21(27)19-12-8-7-11-18(19)20(23-26)22(28)25-14-13-24(15-16(25)2)17-9-5-4-6-10-17/h4-12,16H,3,13-15H2,1-2H3/t16-/m1/s1. The second-order valence-corrected chi connectivity index (χ2v) is 7.14. The van der Waals surface area contributed by atoms with Gasteiger partial charge in [0, 0.05) is 43.3 Å². The lowest BCUT2D eigenvalue weighted by atomic mass is 10.1. The molecule has 0 radical (unpaired) electrons. The molecule has 1 fully saturated rings. The van der Waals surface area contributed by atoms with Crippen LogP contribution in [0.5, 0.6) is 0 Å². The smallest absolute Gasteiger partial charge is 0.275 e. The van der Waals surface area contributed by atoms with E-state index in [1.807, 2.05) is 48.2 Å². The van der Waals surface area contributed by atoms with E-state index < -0.39 is 0 Å². The first-order valence-electron chi connectivity index (χ1n) is 9.71. The lowest BCUT2D eigenvalue weighted by Crippen LogP contribution is -2.54. The van der Waals surface area contributed by atoms with Gasteiger partial charge in [0.2, 0.25) is 0 Å². The molecule has 1 saturated heterocycles. The summed E-state index contributed by atoms with van der Waals surface area (Å²) in [6.07, 6.45) is 0. The Morgan fingerprint density at radius 2 is 1.71 bits per heavy atom. The van der Waals surface area contributed by atoms with Gasteiger partial charge in [0.05, 0.1) is 5.39 Å². The van der Waals surface area contributed by atoms with Crippen molar-refractivity contribution in [2.45, 2.75) is 26.4 Å². The molecule has 0 N–H and O–H groups in total. The number of piperazine rings is 1. The number of nitrogens with zero attached hydrogens (tertiary/aromatic N) is 4. The predicted molar refractivity (Wildman–Crippen MR) is 111 cm³/mol. The number of fused-ring (bicyclic) bond motifs is 1. The van der Waals surface area contributed by atoms with E-state index >= 15 is 0 Å². The Morgan fingerprint density at radius 3 is 2.39 bits per heavy atom. The molecule has 1 aromatic heterocycles. The molecular weight excluding hydrogens is 352 g/mol. The first-order valence-corrected chi connectivity index (χ1v) is 9.71. The van der Waals surface area contributed by atoms with E-state index in [1.54, 1.807) is 6.07 Å². The maximum Gasteiger partial charge on any atom is 0.275 e. The zero-order chi connectivity index (χ0) is 19.7. The van der Waals surface area contributed by atoms with Crippen molar-refractivity contribution >= 4 is 22.4 Å². The molecule has 6 heteroatoms. The Morgan fingerprint density at radius 1 is 1.04 bits per heavy atom. The highest BCUT2D eigenvalue weighted by Crippen LogP contribution is 2.22. The van der Waals surface area contributed by atoms with Crippen molar-refractivity contribution in [3.63, 3.8) is 0 Å². The quantitative estimate of drug-likeness (QED) is 0.705. The Balaban J connectivity index is 1.65. The summed E-state index contributed by atoms with van der Waals surface area (Å²) in [4.78, 5) is 30.1. The summed E-state index contributed by atoms with van der Waals surface area (Å²) < 4.78 is 1.38. The fourth-order valence-electron chi connectivity index (χ4n) is 3.88. The average Bonchev–Trinajstić information content (AvgIpc) is 2.74. The largest absolute Gasteiger partial charge is 0.368 e. The fraction of sp³-hybridized carbons (Fsp3) is 0.318. The number of carbonyl (C=O) groups excluding carboxylic acids is 1. The van der Waals surface area contributed by atoms with Crippen molar-refractivity contribution in [2.24, 2.45) is 0 Å². The number of aryl methyl sites for hydroxylation is 1. The molecule has 4 rings (SSSR count). The van der Waals surface area contributed by atoms with E-state index in [2.05, 4.69) is 29.1 Å². The second kappa shape index (κ2) is 7.46. The minimum absolute atomic E-state index is 0.0454. The third-order valence-electron chi connectivity index (χ3n) is 5.38. The molecule has 2 heterocycles. The highest BCUT2D eigenvalue weighted by atomic mass is 16.2. The minimum atomic E-state index is -0.156. The normalized spacial score (nSPS) is 17.1. The number of carbonyl (C=O) groups is 1. The van der Waals surface area contributed by atoms with Crippen LogP contribution in [0.4, 0.5) is 5.69 Å².